The lowest BCUT2D eigenvalue weighted by atomic mass is 9.98. The Hall–Kier alpha value is -3.44. The van der Waals surface area contributed by atoms with Gasteiger partial charge in [-0.25, -0.2) is 0 Å². The second kappa shape index (κ2) is 9.14. The fourth-order valence-electron chi connectivity index (χ4n) is 4.07. The molecule has 158 valence electrons. The summed E-state index contributed by atoms with van der Waals surface area (Å²) in [6.07, 6.45) is 0.264. The number of hydrogen-bond donors (Lipinski definition) is 2. The van der Waals surface area contributed by atoms with Gasteiger partial charge in [0.25, 0.3) is 0 Å². The molecule has 5 nitrogen and oxygen atoms in total. The molecule has 0 aliphatic carbocycles. The predicted molar refractivity (Wildman–Crippen MR) is 124 cm³/mol. The number of hydrogen-bond acceptors (Lipinski definition) is 3. The fraction of sp³-hybridized carbons (Fsp3) is 0.231. The minimum Gasteiger partial charge on any atom is -0.324 e. The average Bonchev–Trinajstić information content (AvgIpc) is 2.90. The standard InChI is InChI=1S/C26H27N3O2/c1-18-12-14-21(15-13-18)26(20-8-4-3-5-9-20)27-17-25(31)29-19(2)16-24(30)28-22-10-6-7-11-23(22)29/h3-15,19,26-27H,16-17H2,1-2H3,(H,28,30)/t19-,26-/m0/s1. The lowest BCUT2D eigenvalue weighted by Crippen LogP contribution is -2.44. The van der Waals surface area contributed by atoms with Crippen molar-refractivity contribution in [3.05, 3.63) is 95.6 Å². The van der Waals surface area contributed by atoms with Crippen molar-refractivity contribution in [3.63, 3.8) is 0 Å². The Balaban J connectivity index is 1.59. The highest BCUT2D eigenvalue weighted by atomic mass is 16.2. The van der Waals surface area contributed by atoms with Gasteiger partial charge < -0.3 is 10.2 Å². The van der Waals surface area contributed by atoms with Crippen LogP contribution in [-0.4, -0.2) is 24.4 Å². The summed E-state index contributed by atoms with van der Waals surface area (Å²) in [4.78, 5) is 27.3. The van der Waals surface area contributed by atoms with Crippen LogP contribution in [0.3, 0.4) is 0 Å². The summed E-state index contributed by atoms with van der Waals surface area (Å²) < 4.78 is 0. The van der Waals surface area contributed by atoms with Gasteiger partial charge in [-0.3, -0.25) is 14.9 Å². The average molecular weight is 414 g/mol. The molecule has 0 saturated heterocycles. The molecule has 0 saturated carbocycles. The van der Waals surface area contributed by atoms with E-state index in [2.05, 4.69) is 54.0 Å². The number of carbonyl (C=O) groups excluding carboxylic acids is 2. The monoisotopic (exact) mass is 413 g/mol. The van der Waals surface area contributed by atoms with E-state index in [9.17, 15) is 9.59 Å². The van der Waals surface area contributed by atoms with Gasteiger partial charge in [0.2, 0.25) is 11.8 Å². The molecule has 3 aromatic rings. The molecule has 1 heterocycles. The van der Waals surface area contributed by atoms with Gasteiger partial charge in [-0.1, -0.05) is 72.3 Å². The van der Waals surface area contributed by atoms with E-state index in [-0.39, 0.29) is 36.9 Å². The molecule has 2 atom stereocenters. The van der Waals surface area contributed by atoms with E-state index < -0.39 is 0 Å². The van der Waals surface area contributed by atoms with Crippen LogP contribution in [0.5, 0.6) is 0 Å². The maximum Gasteiger partial charge on any atom is 0.241 e. The second-order valence-electron chi connectivity index (χ2n) is 8.02. The van der Waals surface area contributed by atoms with Gasteiger partial charge in [-0.2, -0.15) is 0 Å². The first-order chi connectivity index (χ1) is 15.0. The number of nitrogens with one attached hydrogen (secondary N) is 2. The summed E-state index contributed by atoms with van der Waals surface area (Å²) in [5.74, 6) is -0.144. The van der Waals surface area contributed by atoms with Crippen molar-refractivity contribution in [2.24, 2.45) is 0 Å². The van der Waals surface area contributed by atoms with Crippen molar-refractivity contribution in [1.82, 2.24) is 5.32 Å². The van der Waals surface area contributed by atoms with E-state index in [1.54, 1.807) is 4.90 Å². The summed E-state index contributed by atoms with van der Waals surface area (Å²) in [5.41, 5.74) is 4.80. The highest BCUT2D eigenvalue weighted by Gasteiger charge is 2.29. The number of nitrogens with zero attached hydrogens (tertiary/aromatic N) is 1. The highest BCUT2D eigenvalue weighted by Crippen LogP contribution is 2.31. The van der Waals surface area contributed by atoms with Crippen molar-refractivity contribution in [2.45, 2.75) is 32.4 Å². The Kier molecular flexibility index (Phi) is 6.14. The molecule has 1 aliphatic rings. The molecule has 2 N–H and O–H groups in total. The van der Waals surface area contributed by atoms with E-state index in [1.165, 1.54) is 5.56 Å². The van der Waals surface area contributed by atoms with Crippen LogP contribution in [0.1, 0.15) is 36.1 Å². The minimum absolute atomic E-state index is 0.0653. The summed E-state index contributed by atoms with van der Waals surface area (Å²) in [5, 5.41) is 6.36. The zero-order valence-corrected chi connectivity index (χ0v) is 17.8. The first-order valence-electron chi connectivity index (χ1n) is 10.6. The van der Waals surface area contributed by atoms with Crippen molar-refractivity contribution >= 4 is 23.2 Å². The summed E-state index contributed by atoms with van der Waals surface area (Å²) in [7, 11) is 0. The molecule has 2 amide bonds. The Bertz CT molecular complexity index is 1060. The SMILES string of the molecule is Cc1ccc([C@@H](NCC(=O)N2c3ccccc3NC(=O)C[C@@H]2C)c2ccccc2)cc1. The molecule has 31 heavy (non-hydrogen) atoms. The third-order valence-electron chi connectivity index (χ3n) is 5.63. The maximum absolute atomic E-state index is 13.4. The maximum atomic E-state index is 13.4. The normalized spacial score (nSPS) is 16.8. The molecule has 0 bridgehead atoms. The molecule has 0 unspecified atom stereocenters. The molecule has 5 heteroatoms. The van der Waals surface area contributed by atoms with Gasteiger partial charge in [-0.15, -0.1) is 0 Å². The van der Waals surface area contributed by atoms with Crippen LogP contribution in [0.25, 0.3) is 0 Å². The molecule has 4 rings (SSSR count). The largest absolute Gasteiger partial charge is 0.324 e. The molecule has 0 radical (unpaired) electrons. The van der Waals surface area contributed by atoms with Crippen LogP contribution in [0.15, 0.2) is 78.9 Å². The van der Waals surface area contributed by atoms with Crippen molar-refractivity contribution in [1.29, 1.82) is 0 Å². The molecule has 3 aromatic carbocycles. The topological polar surface area (TPSA) is 61.4 Å². The van der Waals surface area contributed by atoms with Crippen LogP contribution >= 0.6 is 0 Å². The molecule has 0 aromatic heterocycles. The van der Waals surface area contributed by atoms with Crippen LogP contribution in [0.2, 0.25) is 0 Å². The molecular formula is C26H27N3O2. The predicted octanol–water partition coefficient (Wildman–Crippen LogP) is 4.44. The number of benzene rings is 3. The third-order valence-corrected chi connectivity index (χ3v) is 5.63. The van der Waals surface area contributed by atoms with Gasteiger partial charge in [0, 0.05) is 12.5 Å². The molecule has 0 fully saturated rings. The zero-order valence-electron chi connectivity index (χ0n) is 17.8. The number of amides is 2. The summed E-state index contributed by atoms with van der Waals surface area (Å²) in [6.45, 7) is 4.13. The quantitative estimate of drug-likeness (QED) is 0.650. The Morgan fingerprint density at radius 2 is 1.65 bits per heavy atom. The van der Waals surface area contributed by atoms with E-state index in [4.69, 9.17) is 0 Å². The Morgan fingerprint density at radius 1 is 1.00 bits per heavy atom. The van der Waals surface area contributed by atoms with Crippen LogP contribution in [0, 0.1) is 6.92 Å². The minimum atomic E-state index is -0.229. The van der Waals surface area contributed by atoms with Gasteiger partial charge >= 0.3 is 0 Å². The van der Waals surface area contributed by atoms with Gasteiger partial charge in [0.1, 0.15) is 0 Å². The van der Waals surface area contributed by atoms with E-state index in [1.807, 2.05) is 49.4 Å². The molecular weight excluding hydrogens is 386 g/mol. The van der Waals surface area contributed by atoms with Gasteiger partial charge in [0.05, 0.1) is 24.0 Å². The first-order valence-corrected chi connectivity index (χ1v) is 10.6. The van der Waals surface area contributed by atoms with E-state index >= 15 is 0 Å². The smallest absolute Gasteiger partial charge is 0.241 e. The Morgan fingerprint density at radius 3 is 2.39 bits per heavy atom. The van der Waals surface area contributed by atoms with Gasteiger partial charge in [-0.05, 0) is 37.1 Å². The number of fused-ring (bicyclic) bond motifs is 1. The van der Waals surface area contributed by atoms with Crippen molar-refractivity contribution in [2.75, 3.05) is 16.8 Å². The lowest BCUT2D eigenvalue weighted by Gasteiger charge is -2.29. The molecule has 0 spiro atoms. The number of rotatable bonds is 5. The van der Waals surface area contributed by atoms with E-state index in [0.29, 0.717) is 5.69 Å². The summed E-state index contributed by atoms with van der Waals surface area (Å²) >= 11 is 0. The Labute approximate surface area is 183 Å². The second-order valence-corrected chi connectivity index (χ2v) is 8.02. The third kappa shape index (κ3) is 4.67. The fourth-order valence-corrected chi connectivity index (χ4v) is 4.07. The van der Waals surface area contributed by atoms with Crippen LogP contribution in [0.4, 0.5) is 11.4 Å². The number of carbonyl (C=O) groups is 2. The van der Waals surface area contributed by atoms with Crippen LogP contribution in [-0.2, 0) is 9.59 Å². The van der Waals surface area contributed by atoms with E-state index in [0.717, 1.165) is 16.8 Å². The first kappa shape index (κ1) is 20.8. The molecule has 1 aliphatic heterocycles. The number of anilines is 2. The van der Waals surface area contributed by atoms with Gasteiger partial charge in [0.15, 0.2) is 0 Å². The highest BCUT2D eigenvalue weighted by molar-refractivity contribution is 6.04. The lowest BCUT2D eigenvalue weighted by molar-refractivity contribution is -0.118. The van der Waals surface area contributed by atoms with Crippen LogP contribution < -0.4 is 15.5 Å². The number of para-hydroxylation sites is 2. The summed E-state index contributed by atoms with van der Waals surface area (Å²) in [6, 6.07) is 25.6. The zero-order chi connectivity index (χ0) is 21.8. The van der Waals surface area contributed by atoms with Crippen molar-refractivity contribution in [3.8, 4) is 0 Å². The van der Waals surface area contributed by atoms with Crippen molar-refractivity contribution < 1.29 is 9.59 Å². The number of aryl methyl sites for hydroxylation is 1.